The minimum Gasteiger partial charge on any atom is -0.490 e. The van der Waals surface area contributed by atoms with Crippen LogP contribution in [0, 0.1) is 26.1 Å². The minimum absolute atomic E-state index is 0.0103. The first-order valence-electron chi connectivity index (χ1n) is 24.3. The zero-order valence-corrected chi connectivity index (χ0v) is 41.1. The van der Waals surface area contributed by atoms with Gasteiger partial charge in [0.2, 0.25) is 35.1 Å². The predicted octanol–water partition coefficient (Wildman–Crippen LogP) is 7.89. The topological polar surface area (TPSA) is 294 Å². The fraction of sp³-hybridized carbons (Fsp3) is 0.442. The van der Waals surface area contributed by atoms with Gasteiger partial charge >= 0.3 is 11.7 Å². The monoisotopic (exact) mass is 995 g/mol. The predicted molar refractivity (Wildman–Crippen MR) is 267 cm³/mol. The standard InChI is InChI=1S/C52H65N7O13/c1-5-6-7-8-9-10-11-12-16-19-45(60)56-47(52(64)65)46-35-30-43(71-37-23-21-36(22-24-37)58(66)67)48(70-4)44(31-35)72-42-25-20-34(29-41(42)59(68)69)28-40(54-49(61)38(53)26-32(2)3)50(62)55-39(51(63)57-46)27-33-17-14-13-15-18-33/h13-15,17-18,20-25,29-32,38-40,46-47H,5-12,16,19,26-28,53H2,1-4H3,(H,54,61)(H,55,62)(H,56,60)(H,57,63)(H,64,65)/t38-,39+,40-,46-,47-/m1/s1. The van der Waals surface area contributed by atoms with Crippen molar-refractivity contribution in [2.45, 2.75) is 134 Å². The lowest BCUT2D eigenvalue weighted by atomic mass is 9.96. The number of nitro benzene ring substituents is 2. The van der Waals surface area contributed by atoms with Gasteiger partial charge in [-0.1, -0.05) is 109 Å². The molecule has 4 amide bonds. The lowest BCUT2D eigenvalue weighted by Gasteiger charge is -2.30. The van der Waals surface area contributed by atoms with Crippen LogP contribution < -0.4 is 41.2 Å². The minimum atomic E-state index is -1.90. The lowest BCUT2D eigenvalue weighted by Crippen LogP contribution is -2.58. The van der Waals surface area contributed by atoms with E-state index in [1.54, 1.807) is 30.3 Å². The number of aliphatic carboxylic acids is 1. The SMILES string of the molecule is CCCCCCCCCCCC(=O)N[C@@H](C(=O)O)[C@@H]1NC(=O)[C@H](Cc2ccccc2)NC(=O)[C@H](NC(=O)[C@H](N)CC(C)C)Cc2ccc(c([N+](=O)[O-])c2)Oc2cc1cc(Oc1ccc([N+](=O)[O-])cc1)c2OC. The summed E-state index contributed by atoms with van der Waals surface area (Å²) in [6.07, 6.45) is 8.52. The molecule has 0 unspecified atom stereocenters. The number of fused-ring (bicyclic) bond motifs is 9. The van der Waals surface area contributed by atoms with Crippen LogP contribution in [0.3, 0.4) is 0 Å². The van der Waals surface area contributed by atoms with E-state index in [-0.39, 0.29) is 77.2 Å². The molecule has 386 valence electrons. The Kier molecular flexibility index (Phi) is 20.8. The molecule has 4 aromatic rings. The van der Waals surface area contributed by atoms with Gasteiger partial charge in [0.15, 0.2) is 17.5 Å². The summed E-state index contributed by atoms with van der Waals surface area (Å²) in [7, 11) is 1.25. The van der Waals surface area contributed by atoms with Gasteiger partial charge in [-0.25, -0.2) is 4.79 Å². The van der Waals surface area contributed by atoms with Crippen molar-refractivity contribution in [1.29, 1.82) is 0 Å². The number of nitro groups is 2. The Morgan fingerprint density at radius 1 is 0.847 bits per heavy atom. The van der Waals surface area contributed by atoms with E-state index < -0.39 is 75.3 Å². The summed E-state index contributed by atoms with van der Waals surface area (Å²) in [4.78, 5) is 93.1. The Hall–Kier alpha value is -7.61. The van der Waals surface area contributed by atoms with E-state index in [2.05, 4.69) is 28.2 Å². The van der Waals surface area contributed by atoms with Crippen molar-refractivity contribution in [3.05, 3.63) is 122 Å². The van der Waals surface area contributed by atoms with E-state index in [0.717, 1.165) is 44.6 Å². The highest BCUT2D eigenvalue weighted by atomic mass is 16.6. The highest BCUT2D eigenvalue weighted by Gasteiger charge is 2.38. The molecule has 0 fully saturated rings. The maximum Gasteiger partial charge on any atom is 0.328 e. The van der Waals surface area contributed by atoms with Gasteiger partial charge in [-0.15, -0.1) is 0 Å². The second-order valence-corrected chi connectivity index (χ2v) is 18.3. The quantitative estimate of drug-likeness (QED) is 0.0221. The number of nitrogens with two attached hydrogens (primary N) is 1. The van der Waals surface area contributed by atoms with Crippen LogP contribution in [-0.4, -0.2) is 75.8 Å². The van der Waals surface area contributed by atoms with E-state index in [4.69, 9.17) is 19.9 Å². The molecule has 2 aliphatic rings. The number of nitrogens with zero attached hydrogens (tertiary/aromatic N) is 2. The average Bonchev–Trinajstić information content (AvgIpc) is 3.34. The third-order valence-corrected chi connectivity index (χ3v) is 12.1. The fourth-order valence-corrected chi connectivity index (χ4v) is 8.34. The summed E-state index contributed by atoms with van der Waals surface area (Å²) in [5.74, 6) is -5.56. The molecule has 2 aliphatic heterocycles. The lowest BCUT2D eigenvalue weighted by molar-refractivity contribution is -0.385. The van der Waals surface area contributed by atoms with Gasteiger partial charge in [0, 0.05) is 37.5 Å². The zero-order chi connectivity index (χ0) is 52.3. The molecule has 4 aromatic carbocycles. The van der Waals surface area contributed by atoms with Crippen LogP contribution in [0.25, 0.3) is 0 Å². The summed E-state index contributed by atoms with van der Waals surface area (Å²) < 4.78 is 18.2. The average molecular weight is 996 g/mol. The van der Waals surface area contributed by atoms with Crippen molar-refractivity contribution >= 4 is 41.0 Å². The highest BCUT2D eigenvalue weighted by molar-refractivity contribution is 5.94. The summed E-state index contributed by atoms with van der Waals surface area (Å²) in [6, 6.07) is 12.5. The Morgan fingerprint density at radius 3 is 2.12 bits per heavy atom. The number of nitrogens with one attached hydrogen (secondary N) is 4. The number of carbonyl (C=O) groups is 5. The van der Waals surface area contributed by atoms with Crippen LogP contribution in [0.5, 0.6) is 28.7 Å². The molecule has 0 spiro atoms. The second kappa shape index (κ2) is 27.1. The molecule has 4 bridgehead atoms. The van der Waals surface area contributed by atoms with Gasteiger partial charge in [0.25, 0.3) is 5.69 Å². The fourth-order valence-electron chi connectivity index (χ4n) is 8.34. The number of hydrogen-bond donors (Lipinski definition) is 6. The molecule has 0 saturated carbocycles. The molecule has 0 aromatic heterocycles. The number of rotatable bonds is 24. The molecule has 7 N–H and O–H groups in total. The number of benzene rings is 4. The third kappa shape index (κ3) is 16.2. The van der Waals surface area contributed by atoms with E-state index >= 15 is 0 Å². The van der Waals surface area contributed by atoms with E-state index in [1.807, 2.05) is 13.8 Å². The van der Waals surface area contributed by atoms with Crippen LogP contribution >= 0.6 is 0 Å². The van der Waals surface area contributed by atoms with Crippen molar-refractivity contribution in [2.24, 2.45) is 11.7 Å². The number of ether oxygens (including phenoxy) is 3. The molecule has 6 rings (SSSR count). The normalized spacial score (nSPS) is 16.6. The number of non-ortho nitro benzene ring substituents is 1. The number of hydrogen-bond acceptors (Lipinski definition) is 13. The summed E-state index contributed by atoms with van der Waals surface area (Å²) in [5.41, 5.74) is 6.12. The van der Waals surface area contributed by atoms with Crippen molar-refractivity contribution in [3.8, 4) is 28.7 Å². The summed E-state index contributed by atoms with van der Waals surface area (Å²) >= 11 is 0. The largest absolute Gasteiger partial charge is 0.490 e. The smallest absolute Gasteiger partial charge is 0.328 e. The van der Waals surface area contributed by atoms with E-state index in [9.17, 15) is 49.3 Å². The van der Waals surface area contributed by atoms with Gasteiger partial charge in [0.1, 0.15) is 17.8 Å². The van der Waals surface area contributed by atoms with Crippen molar-refractivity contribution in [3.63, 3.8) is 0 Å². The van der Waals surface area contributed by atoms with Gasteiger partial charge in [0.05, 0.1) is 29.0 Å². The van der Waals surface area contributed by atoms with Gasteiger partial charge in [-0.2, -0.15) is 0 Å². The summed E-state index contributed by atoms with van der Waals surface area (Å²) in [6.45, 7) is 5.89. The Balaban J connectivity index is 1.67. The van der Waals surface area contributed by atoms with E-state index in [0.29, 0.717) is 12.0 Å². The maximum atomic E-state index is 14.9. The molecule has 0 radical (unpaired) electrons. The van der Waals surface area contributed by atoms with Gasteiger partial charge in [-0.05, 0) is 65.8 Å². The number of carboxylic acids is 1. The Bertz CT molecular complexity index is 2520. The first-order chi connectivity index (χ1) is 34.5. The van der Waals surface area contributed by atoms with Gasteiger partial charge < -0.3 is 46.3 Å². The number of carboxylic acid groups (broad SMARTS) is 1. The van der Waals surface area contributed by atoms with Crippen LogP contribution in [0.15, 0.2) is 84.9 Å². The maximum absolute atomic E-state index is 14.9. The molecular weight excluding hydrogens is 931 g/mol. The summed E-state index contributed by atoms with van der Waals surface area (Å²) in [5, 5.41) is 46.0. The number of unbranched alkanes of at least 4 members (excludes halogenated alkanes) is 8. The van der Waals surface area contributed by atoms with Crippen molar-refractivity contribution in [2.75, 3.05) is 7.11 Å². The van der Waals surface area contributed by atoms with Crippen LogP contribution in [-0.2, 0) is 36.8 Å². The van der Waals surface area contributed by atoms with Crippen LogP contribution in [0.4, 0.5) is 11.4 Å². The Labute approximate surface area is 418 Å². The van der Waals surface area contributed by atoms with Gasteiger partial charge in [-0.3, -0.25) is 39.4 Å². The Morgan fingerprint density at radius 2 is 1.51 bits per heavy atom. The third-order valence-electron chi connectivity index (χ3n) is 12.1. The second-order valence-electron chi connectivity index (χ2n) is 18.3. The van der Waals surface area contributed by atoms with Crippen LogP contribution in [0.1, 0.15) is 114 Å². The molecule has 20 nitrogen and oxygen atoms in total. The molecular formula is C52H65N7O13. The molecule has 2 heterocycles. The molecule has 72 heavy (non-hydrogen) atoms. The number of carbonyl (C=O) groups excluding carboxylic acids is 4. The number of methoxy groups -OCH3 is 1. The zero-order valence-electron chi connectivity index (χ0n) is 41.1. The highest BCUT2D eigenvalue weighted by Crippen LogP contribution is 2.46. The van der Waals surface area contributed by atoms with E-state index in [1.165, 1.54) is 68.5 Å². The van der Waals surface area contributed by atoms with Crippen LogP contribution in [0.2, 0.25) is 0 Å². The molecule has 0 aliphatic carbocycles. The molecule has 20 heteroatoms. The molecule has 5 atom stereocenters. The first-order valence-corrected chi connectivity index (χ1v) is 24.3. The van der Waals surface area contributed by atoms with Crippen molar-refractivity contribution in [1.82, 2.24) is 21.3 Å². The van der Waals surface area contributed by atoms with Crippen molar-refractivity contribution < 1.29 is 53.1 Å². The molecule has 0 saturated heterocycles. The first kappa shape index (κ1) is 55.3. The number of amides is 4.